The molecule has 1 heteroatoms. The van der Waals surface area contributed by atoms with Crippen molar-refractivity contribution in [3.63, 3.8) is 0 Å². The Hall–Kier alpha value is -2.41. The maximum atomic E-state index is 2.57. The van der Waals surface area contributed by atoms with Crippen LogP contribution in [0.15, 0.2) is 66.9 Å². The lowest BCUT2D eigenvalue weighted by Crippen LogP contribution is -2.68. The van der Waals surface area contributed by atoms with Crippen LogP contribution in [0.2, 0.25) is 0 Å². The van der Waals surface area contributed by atoms with Crippen LogP contribution in [0.3, 0.4) is 0 Å². The first kappa shape index (κ1) is 21.8. The lowest BCUT2D eigenvalue weighted by atomic mass is 9.58. The standard InChI is InChI=1S/C30H38N/c1-6-10-13-23-15-17-24(18-16-23)25-19-20-27-26(22-25)28-14-11-12-21-31(28)29(5,7-2)30(27,8-3)9-4/h11-12,14-22H,6-10,13H2,1-5H3/q+1. The third-order valence-electron chi connectivity index (χ3n) is 8.24. The number of fused-ring (bicyclic) bond motifs is 3. The molecular formula is C30H38N+. The Kier molecular flexibility index (Phi) is 6.06. The van der Waals surface area contributed by atoms with Gasteiger partial charge in [0.25, 0.3) is 0 Å². The first-order chi connectivity index (χ1) is 15.0. The van der Waals surface area contributed by atoms with Gasteiger partial charge in [-0.25, -0.2) is 0 Å². The normalized spacial score (nSPS) is 19.0. The number of benzene rings is 2. The topological polar surface area (TPSA) is 3.88 Å². The van der Waals surface area contributed by atoms with Crippen LogP contribution in [0.25, 0.3) is 22.4 Å². The van der Waals surface area contributed by atoms with E-state index in [1.807, 2.05) is 0 Å². The average molecular weight is 413 g/mol. The van der Waals surface area contributed by atoms with Gasteiger partial charge in [0.05, 0.1) is 11.0 Å². The predicted octanol–water partition coefficient (Wildman–Crippen LogP) is 7.85. The van der Waals surface area contributed by atoms with E-state index in [4.69, 9.17) is 0 Å². The van der Waals surface area contributed by atoms with E-state index in [2.05, 4.69) is 106 Å². The summed E-state index contributed by atoms with van der Waals surface area (Å²) in [6, 6.07) is 23.1. The number of hydrogen-bond donors (Lipinski definition) is 0. The summed E-state index contributed by atoms with van der Waals surface area (Å²) in [6.45, 7) is 11.8. The van der Waals surface area contributed by atoms with Gasteiger partial charge in [-0.15, -0.1) is 0 Å². The molecule has 0 spiro atoms. The largest absolute Gasteiger partial charge is 0.213 e. The number of aromatic nitrogens is 1. The summed E-state index contributed by atoms with van der Waals surface area (Å²) in [5.41, 5.74) is 8.56. The lowest BCUT2D eigenvalue weighted by molar-refractivity contribution is -0.766. The zero-order chi connectivity index (χ0) is 22.1. The van der Waals surface area contributed by atoms with Crippen molar-refractivity contribution in [2.24, 2.45) is 0 Å². The van der Waals surface area contributed by atoms with Crippen molar-refractivity contribution >= 4 is 0 Å². The molecule has 1 aliphatic rings. The smallest absolute Gasteiger partial charge is 0.192 e. The average Bonchev–Trinajstić information content (AvgIpc) is 2.83. The molecule has 2 aromatic carbocycles. The fraction of sp³-hybridized carbons (Fsp3) is 0.433. The predicted molar refractivity (Wildman–Crippen MR) is 132 cm³/mol. The molecule has 0 amide bonds. The van der Waals surface area contributed by atoms with Crippen LogP contribution in [0.4, 0.5) is 0 Å². The van der Waals surface area contributed by atoms with Gasteiger partial charge in [0, 0.05) is 25.5 Å². The van der Waals surface area contributed by atoms with Gasteiger partial charge in [-0.3, -0.25) is 0 Å². The molecule has 0 fully saturated rings. The second-order valence-electron chi connectivity index (χ2n) is 9.43. The summed E-state index contributed by atoms with van der Waals surface area (Å²) in [4.78, 5) is 0. The second kappa shape index (κ2) is 8.61. The third-order valence-corrected chi connectivity index (χ3v) is 8.24. The van der Waals surface area contributed by atoms with Crippen LogP contribution < -0.4 is 4.57 Å². The zero-order valence-electron chi connectivity index (χ0n) is 20.0. The summed E-state index contributed by atoms with van der Waals surface area (Å²) in [5, 5.41) is 0. The Morgan fingerprint density at radius 1 is 0.774 bits per heavy atom. The maximum absolute atomic E-state index is 2.57. The van der Waals surface area contributed by atoms with Gasteiger partial charge >= 0.3 is 0 Å². The van der Waals surface area contributed by atoms with Crippen molar-refractivity contribution in [1.29, 1.82) is 0 Å². The van der Waals surface area contributed by atoms with E-state index in [0.717, 1.165) is 19.3 Å². The minimum atomic E-state index is 0.0720. The molecule has 0 aliphatic carbocycles. The Bertz CT molecular complexity index is 1040. The third kappa shape index (κ3) is 3.34. The molecule has 2 heterocycles. The zero-order valence-corrected chi connectivity index (χ0v) is 20.0. The number of nitrogens with zero attached hydrogens (tertiary/aromatic N) is 1. The van der Waals surface area contributed by atoms with Crippen molar-refractivity contribution in [2.75, 3.05) is 0 Å². The molecule has 31 heavy (non-hydrogen) atoms. The van der Waals surface area contributed by atoms with E-state index in [1.54, 1.807) is 0 Å². The van der Waals surface area contributed by atoms with Crippen molar-refractivity contribution in [2.45, 2.75) is 84.1 Å². The summed E-state index contributed by atoms with van der Waals surface area (Å²) >= 11 is 0. The van der Waals surface area contributed by atoms with E-state index in [-0.39, 0.29) is 11.0 Å². The number of unbranched alkanes of at least 4 members (excludes halogenated alkanes) is 1. The van der Waals surface area contributed by atoms with Gasteiger partial charge in [0.1, 0.15) is 0 Å². The van der Waals surface area contributed by atoms with E-state index in [9.17, 15) is 0 Å². The highest BCUT2D eigenvalue weighted by molar-refractivity contribution is 5.75. The van der Waals surface area contributed by atoms with Gasteiger partial charge in [-0.2, -0.15) is 4.57 Å². The Labute approximate surface area is 189 Å². The molecule has 1 unspecified atom stereocenters. The molecule has 0 bridgehead atoms. The second-order valence-corrected chi connectivity index (χ2v) is 9.43. The molecule has 3 aromatic rings. The SMILES string of the molecule is CCCCc1ccc(-c2ccc3c(c2)-c2cccc[n+]2C(C)(CC)C3(CC)CC)cc1. The Morgan fingerprint density at radius 2 is 1.48 bits per heavy atom. The molecule has 0 saturated heterocycles. The number of rotatable bonds is 7. The Balaban J connectivity index is 1.87. The summed E-state index contributed by atoms with van der Waals surface area (Å²) in [5.74, 6) is 0. The van der Waals surface area contributed by atoms with E-state index in [1.165, 1.54) is 52.8 Å². The first-order valence-corrected chi connectivity index (χ1v) is 12.3. The van der Waals surface area contributed by atoms with Crippen LogP contribution in [0.1, 0.15) is 77.8 Å². The van der Waals surface area contributed by atoms with Gasteiger partial charge in [0.2, 0.25) is 5.69 Å². The van der Waals surface area contributed by atoms with Crippen LogP contribution in [-0.4, -0.2) is 0 Å². The summed E-state index contributed by atoms with van der Waals surface area (Å²) in [6.07, 6.45) is 9.40. The van der Waals surface area contributed by atoms with Gasteiger partial charge in [0.15, 0.2) is 11.7 Å². The van der Waals surface area contributed by atoms with Crippen molar-refractivity contribution in [1.82, 2.24) is 0 Å². The summed E-state index contributed by atoms with van der Waals surface area (Å²) < 4.78 is 2.57. The monoisotopic (exact) mass is 412 g/mol. The lowest BCUT2D eigenvalue weighted by Gasteiger charge is -2.48. The van der Waals surface area contributed by atoms with Crippen LogP contribution >= 0.6 is 0 Å². The molecule has 0 saturated carbocycles. The molecule has 1 aliphatic heterocycles. The van der Waals surface area contributed by atoms with Crippen molar-refractivity contribution in [3.05, 3.63) is 78.0 Å². The fourth-order valence-electron chi connectivity index (χ4n) is 6.11. The van der Waals surface area contributed by atoms with Crippen LogP contribution in [-0.2, 0) is 17.4 Å². The van der Waals surface area contributed by atoms with E-state index >= 15 is 0 Å². The Morgan fingerprint density at radius 3 is 2.13 bits per heavy atom. The van der Waals surface area contributed by atoms with Crippen LogP contribution in [0.5, 0.6) is 0 Å². The molecule has 0 N–H and O–H groups in total. The minimum Gasteiger partial charge on any atom is -0.192 e. The number of aryl methyl sites for hydroxylation is 1. The molecule has 1 aromatic heterocycles. The highest BCUT2D eigenvalue weighted by atomic mass is 15.1. The minimum absolute atomic E-state index is 0.0720. The van der Waals surface area contributed by atoms with E-state index in [0.29, 0.717) is 0 Å². The molecular weight excluding hydrogens is 374 g/mol. The molecule has 4 rings (SSSR count). The molecule has 162 valence electrons. The maximum Gasteiger partial charge on any atom is 0.213 e. The van der Waals surface area contributed by atoms with Crippen molar-refractivity contribution in [3.8, 4) is 22.4 Å². The fourth-order valence-corrected chi connectivity index (χ4v) is 6.11. The van der Waals surface area contributed by atoms with Crippen molar-refractivity contribution < 1.29 is 4.57 Å². The van der Waals surface area contributed by atoms with Crippen LogP contribution in [0, 0.1) is 0 Å². The number of pyridine rings is 1. The molecule has 1 nitrogen and oxygen atoms in total. The highest BCUT2D eigenvalue weighted by Crippen LogP contribution is 2.52. The first-order valence-electron chi connectivity index (χ1n) is 12.3. The molecule has 0 radical (unpaired) electrons. The molecule has 1 atom stereocenters. The highest BCUT2D eigenvalue weighted by Gasteiger charge is 2.57. The number of hydrogen-bond acceptors (Lipinski definition) is 0. The van der Waals surface area contributed by atoms with E-state index < -0.39 is 0 Å². The van der Waals surface area contributed by atoms with Gasteiger partial charge in [-0.05, 0) is 60.1 Å². The van der Waals surface area contributed by atoms with Gasteiger partial charge in [-0.1, -0.05) is 70.5 Å². The summed E-state index contributed by atoms with van der Waals surface area (Å²) in [7, 11) is 0. The van der Waals surface area contributed by atoms with Gasteiger partial charge < -0.3 is 0 Å². The quantitative estimate of drug-likeness (QED) is 0.348.